The number of aromatic nitrogens is 1. The summed E-state index contributed by atoms with van der Waals surface area (Å²) < 4.78 is 17.4. The Morgan fingerprint density at radius 2 is 1.80 bits per heavy atom. The molecule has 0 unspecified atom stereocenters. The van der Waals surface area contributed by atoms with Gasteiger partial charge < -0.3 is 30.1 Å². The lowest BCUT2D eigenvalue weighted by molar-refractivity contribution is -0.149. The molecule has 284 valence electrons. The lowest BCUT2D eigenvalue weighted by atomic mass is 9.92. The first-order valence-electron chi connectivity index (χ1n) is 17.8. The Balaban J connectivity index is 1.80. The highest BCUT2D eigenvalue weighted by Crippen LogP contribution is 2.36. The van der Waals surface area contributed by atoms with Crippen LogP contribution in [0.4, 0.5) is 0 Å². The normalized spacial score (nSPS) is 18.3. The third-order valence-corrected chi connectivity index (χ3v) is 11.5. The quantitative estimate of drug-likeness (QED) is 0.125. The number of nitrogens with zero attached hydrogens (tertiary/aromatic N) is 3. The summed E-state index contributed by atoms with van der Waals surface area (Å²) in [4.78, 5) is 80.4. The van der Waals surface area contributed by atoms with Crippen molar-refractivity contribution in [2.75, 3.05) is 26.8 Å². The summed E-state index contributed by atoms with van der Waals surface area (Å²) in [7, 11) is -0.655. The van der Waals surface area contributed by atoms with Crippen LogP contribution in [-0.2, 0) is 30.1 Å². The molecule has 3 rings (SSSR count). The fourth-order valence-corrected chi connectivity index (χ4v) is 7.95. The van der Waals surface area contributed by atoms with E-state index in [0.717, 1.165) is 42.7 Å². The number of carbonyl (C=O) groups is 4. The number of nitrogens with one attached hydrogen (secondary N) is 2. The van der Waals surface area contributed by atoms with Gasteiger partial charge >= 0.3 is 13.6 Å². The molecule has 6 atom stereocenters. The maximum Gasteiger partial charge on any atom is 0.325 e. The van der Waals surface area contributed by atoms with Gasteiger partial charge in [-0.05, 0) is 56.7 Å². The first-order chi connectivity index (χ1) is 24.0. The van der Waals surface area contributed by atoms with Gasteiger partial charge in [0.15, 0.2) is 6.10 Å². The number of likely N-dealkylation sites (N-methyl/N-ethyl adjacent to an activating group) is 2. The molecule has 1 aliphatic rings. The number of likely N-dealkylation sites (tertiary alicyclic amines) is 1. The van der Waals surface area contributed by atoms with Crippen LogP contribution in [0.2, 0.25) is 0 Å². The Bertz CT molecular complexity index is 1500. The summed E-state index contributed by atoms with van der Waals surface area (Å²) in [5.74, 6) is -1.62. The molecule has 0 saturated carbocycles. The Morgan fingerprint density at radius 1 is 1.12 bits per heavy atom. The first kappa shape index (κ1) is 42.3. The van der Waals surface area contributed by atoms with Crippen LogP contribution in [0.5, 0.6) is 0 Å². The second kappa shape index (κ2) is 19.6. The molecule has 0 aliphatic carbocycles. The summed E-state index contributed by atoms with van der Waals surface area (Å²) in [5, 5.41) is 7.88. The lowest BCUT2D eigenvalue weighted by Gasteiger charge is -2.38. The number of benzene rings is 1. The van der Waals surface area contributed by atoms with E-state index in [1.165, 1.54) is 6.92 Å². The fourth-order valence-electron chi connectivity index (χ4n) is 6.47. The van der Waals surface area contributed by atoms with E-state index in [1.54, 1.807) is 17.3 Å². The molecule has 1 aliphatic heterocycles. The highest BCUT2D eigenvalue weighted by molar-refractivity contribution is 7.51. The molecule has 1 fully saturated rings. The molecule has 51 heavy (non-hydrogen) atoms. The van der Waals surface area contributed by atoms with Crippen LogP contribution in [0, 0.1) is 11.8 Å². The van der Waals surface area contributed by atoms with Gasteiger partial charge in [0.2, 0.25) is 11.8 Å². The van der Waals surface area contributed by atoms with Crippen LogP contribution in [0.1, 0.15) is 100 Å². The highest BCUT2D eigenvalue weighted by Gasteiger charge is 2.37. The number of thiazole rings is 1. The molecule has 2 heterocycles. The Morgan fingerprint density at radius 3 is 2.39 bits per heavy atom. The van der Waals surface area contributed by atoms with Gasteiger partial charge in [0.1, 0.15) is 16.7 Å². The number of esters is 1. The van der Waals surface area contributed by atoms with Crippen molar-refractivity contribution >= 4 is 42.6 Å². The number of hydrogen-bond acceptors (Lipinski definition) is 9. The van der Waals surface area contributed by atoms with Gasteiger partial charge in [-0.1, -0.05) is 70.9 Å². The molecule has 15 heteroatoms. The van der Waals surface area contributed by atoms with Crippen LogP contribution in [0.15, 0.2) is 35.7 Å². The van der Waals surface area contributed by atoms with Crippen LogP contribution in [0.3, 0.4) is 0 Å². The standard InChI is InChI=1S/C36H56N5O8PS/c1-8-24(4)32(39-34(44)29-16-12-13-18-40(29)6)36(45)41(7)30(23(2)3)21-31(49-25(5)42)35-38-28(22-51-35)33(43)37-27(17-19-50(46,47)48)20-26-14-10-9-11-15-26/h9-11,14-15,22-24,27,29-32H,8,12-13,16-21H2,1-7H3,(H,37,43)(H,39,44)(H2,46,47,48)/t24-,27+,29+,30+,31+,32-/m0/s1. The summed E-state index contributed by atoms with van der Waals surface area (Å²) in [6.07, 6.45) is 2.81. The van der Waals surface area contributed by atoms with Crippen molar-refractivity contribution in [2.45, 2.75) is 110 Å². The number of piperidine rings is 1. The van der Waals surface area contributed by atoms with E-state index in [0.29, 0.717) is 17.8 Å². The van der Waals surface area contributed by atoms with Crippen molar-refractivity contribution in [3.05, 3.63) is 52.0 Å². The zero-order valence-electron chi connectivity index (χ0n) is 30.9. The minimum Gasteiger partial charge on any atom is -0.455 e. The van der Waals surface area contributed by atoms with Crippen molar-refractivity contribution in [3.8, 4) is 0 Å². The zero-order chi connectivity index (χ0) is 37.9. The first-order valence-corrected chi connectivity index (χ1v) is 20.5. The third kappa shape index (κ3) is 13.1. The zero-order valence-corrected chi connectivity index (χ0v) is 32.6. The predicted octanol–water partition coefficient (Wildman–Crippen LogP) is 4.54. The Kier molecular flexibility index (Phi) is 16.2. The van der Waals surface area contributed by atoms with Gasteiger partial charge in [0.25, 0.3) is 5.91 Å². The molecule has 0 spiro atoms. The summed E-state index contributed by atoms with van der Waals surface area (Å²) in [6, 6.07) is 7.33. The van der Waals surface area contributed by atoms with Crippen molar-refractivity contribution < 1.29 is 38.3 Å². The van der Waals surface area contributed by atoms with Crippen LogP contribution < -0.4 is 10.6 Å². The fraction of sp³-hybridized carbons (Fsp3) is 0.639. The van der Waals surface area contributed by atoms with Crippen LogP contribution >= 0.6 is 18.9 Å². The van der Waals surface area contributed by atoms with Crippen LogP contribution in [-0.4, -0.2) is 99.2 Å². The van der Waals surface area contributed by atoms with Crippen molar-refractivity contribution in [3.63, 3.8) is 0 Å². The average molecular weight is 750 g/mol. The molecule has 13 nitrogen and oxygen atoms in total. The maximum absolute atomic E-state index is 14.1. The van der Waals surface area contributed by atoms with Gasteiger partial charge in [-0.15, -0.1) is 11.3 Å². The molecule has 3 amide bonds. The molecule has 1 saturated heterocycles. The van der Waals surface area contributed by atoms with Gasteiger partial charge in [0.05, 0.1) is 12.2 Å². The van der Waals surface area contributed by atoms with Gasteiger partial charge in [0, 0.05) is 37.9 Å². The van der Waals surface area contributed by atoms with E-state index < -0.39 is 43.7 Å². The minimum absolute atomic E-state index is 0.0594. The maximum atomic E-state index is 14.1. The Hall–Kier alpha value is -3.16. The molecular weight excluding hydrogens is 693 g/mol. The SMILES string of the molecule is CC[C@H](C)[C@H](NC(=O)[C@H]1CCCCN1C)C(=O)N(C)[C@H](C[C@@H](OC(C)=O)c1nc(C(=O)N[C@H](CCP(=O)(O)O)Cc2ccccc2)cs1)C(C)C. The monoisotopic (exact) mass is 749 g/mol. The van der Waals surface area contributed by atoms with Crippen LogP contribution in [0.25, 0.3) is 0 Å². The second-order valence-electron chi connectivity index (χ2n) is 14.1. The lowest BCUT2D eigenvalue weighted by Crippen LogP contribution is -2.58. The highest BCUT2D eigenvalue weighted by atomic mass is 32.1. The topological polar surface area (TPSA) is 178 Å². The summed E-state index contributed by atoms with van der Waals surface area (Å²) >= 11 is 1.15. The molecule has 0 bridgehead atoms. The number of hydrogen-bond donors (Lipinski definition) is 4. The number of carbonyl (C=O) groups excluding carboxylic acids is 4. The van der Waals surface area contributed by atoms with E-state index in [1.807, 2.05) is 70.0 Å². The average Bonchev–Trinajstić information content (AvgIpc) is 3.57. The molecule has 1 aromatic heterocycles. The van der Waals surface area contributed by atoms with Gasteiger partial charge in [-0.2, -0.15) is 0 Å². The van der Waals surface area contributed by atoms with E-state index in [2.05, 4.69) is 15.6 Å². The number of ether oxygens (including phenoxy) is 1. The number of rotatable bonds is 18. The second-order valence-corrected chi connectivity index (χ2v) is 16.7. The van der Waals surface area contributed by atoms with Crippen molar-refractivity contribution in [2.24, 2.45) is 11.8 Å². The molecule has 1 aromatic carbocycles. The molecule has 0 radical (unpaired) electrons. The summed E-state index contributed by atoms with van der Waals surface area (Å²) in [6.45, 7) is 10.00. The molecule has 2 aromatic rings. The molecular formula is C36H56N5O8PS. The smallest absolute Gasteiger partial charge is 0.325 e. The summed E-state index contributed by atoms with van der Waals surface area (Å²) in [5.41, 5.74) is 0.983. The van der Waals surface area contributed by atoms with Gasteiger partial charge in [-0.25, -0.2) is 4.98 Å². The molecule has 4 N–H and O–H groups in total. The van der Waals surface area contributed by atoms with E-state index in [-0.39, 0.29) is 54.4 Å². The number of amides is 3. The third-order valence-electron chi connectivity index (χ3n) is 9.69. The largest absolute Gasteiger partial charge is 0.455 e. The van der Waals surface area contributed by atoms with Crippen molar-refractivity contribution in [1.29, 1.82) is 0 Å². The Labute approximate surface area is 306 Å². The minimum atomic E-state index is -4.29. The van der Waals surface area contributed by atoms with E-state index >= 15 is 0 Å². The van der Waals surface area contributed by atoms with E-state index in [9.17, 15) is 33.5 Å². The predicted molar refractivity (Wildman–Crippen MR) is 197 cm³/mol. The van der Waals surface area contributed by atoms with E-state index in [4.69, 9.17) is 4.74 Å². The van der Waals surface area contributed by atoms with Crippen molar-refractivity contribution in [1.82, 2.24) is 25.4 Å². The van der Waals surface area contributed by atoms with Gasteiger partial charge in [-0.3, -0.25) is 28.6 Å².